The van der Waals surface area contributed by atoms with Gasteiger partial charge >= 0.3 is 0 Å². The molecule has 0 fully saturated rings. The Hall–Kier alpha value is -0.730. The molecule has 0 N–H and O–H groups in total. The molecule has 2 nitrogen and oxygen atoms in total. The largest absolute Gasteiger partial charge is 0.297 e. The van der Waals surface area contributed by atoms with Crippen molar-refractivity contribution in [2.24, 2.45) is 5.92 Å². The highest BCUT2D eigenvalue weighted by molar-refractivity contribution is 6.34. The molecule has 0 radical (unpaired) electrons. The maximum absolute atomic E-state index is 12.2. The van der Waals surface area contributed by atoms with Crippen molar-refractivity contribution in [2.75, 3.05) is 10.9 Å². The van der Waals surface area contributed by atoms with Gasteiger partial charge in [0, 0.05) is 5.69 Å². The van der Waals surface area contributed by atoms with E-state index in [4.69, 9.17) is 23.2 Å². The minimum atomic E-state index is -0.529. The van der Waals surface area contributed by atoms with Gasteiger partial charge in [0.05, 0.1) is 0 Å². The molecule has 1 amide bonds. The fourth-order valence-corrected chi connectivity index (χ4v) is 2.01. The molecule has 1 rings (SSSR count). The number of nitrogens with zero attached hydrogens (tertiary/aromatic N) is 1. The van der Waals surface area contributed by atoms with Crippen molar-refractivity contribution >= 4 is 34.8 Å². The van der Waals surface area contributed by atoms with Gasteiger partial charge in [-0.1, -0.05) is 38.5 Å². The monoisotopic (exact) mass is 273 g/mol. The zero-order chi connectivity index (χ0) is 12.8. The fraction of sp³-hybridized carbons (Fsp3) is 0.462. The van der Waals surface area contributed by atoms with E-state index in [-0.39, 0.29) is 17.8 Å². The van der Waals surface area contributed by atoms with Crippen LogP contribution in [0.1, 0.15) is 20.3 Å². The number of para-hydroxylation sites is 1. The Morgan fingerprint density at radius 3 is 2.41 bits per heavy atom. The average Bonchev–Trinajstić information content (AvgIpc) is 2.38. The van der Waals surface area contributed by atoms with Crippen molar-refractivity contribution in [3.8, 4) is 0 Å². The van der Waals surface area contributed by atoms with Crippen LogP contribution in [-0.4, -0.2) is 17.3 Å². The highest BCUT2D eigenvalue weighted by Gasteiger charge is 2.26. The van der Waals surface area contributed by atoms with E-state index in [0.29, 0.717) is 0 Å². The molecule has 0 aromatic heterocycles. The first-order valence-corrected chi connectivity index (χ1v) is 6.65. The van der Waals surface area contributed by atoms with Crippen molar-refractivity contribution in [1.29, 1.82) is 0 Å². The highest BCUT2D eigenvalue weighted by atomic mass is 35.5. The summed E-state index contributed by atoms with van der Waals surface area (Å²) in [5, 5.41) is -0.529. The lowest BCUT2D eigenvalue weighted by Crippen LogP contribution is -2.38. The van der Waals surface area contributed by atoms with E-state index >= 15 is 0 Å². The zero-order valence-corrected chi connectivity index (χ0v) is 11.6. The summed E-state index contributed by atoms with van der Waals surface area (Å²) >= 11 is 12.0. The number of rotatable bonds is 5. The number of alkyl halides is 2. The lowest BCUT2D eigenvalue weighted by molar-refractivity contribution is -0.118. The minimum absolute atomic E-state index is 0.114. The molecule has 2 atom stereocenters. The summed E-state index contributed by atoms with van der Waals surface area (Å²) in [7, 11) is 0. The number of carbonyl (C=O) groups excluding carboxylic acids is 1. The van der Waals surface area contributed by atoms with Crippen LogP contribution in [0.15, 0.2) is 30.3 Å². The number of hydrogen-bond donors (Lipinski definition) is 0. The van der Waals surface area contributed by atoms with Crippen molar-refractivity contribution < 1.29 is 4.79 Å². The maximum atomic E-state index is 12.2. The summed E-state index contributed by atoms with van der Waals surface area (Å²) < 4.78 is 0. The van der Waals surface area contributed by atoms with Gasteiger partial charge in [-0.15, -0.1) is 23.2 Å². The van der Waals surface area contributed by atoms with Gasteiger partial charge in [-0.05, 0) is 18.1 Å². The predicted octanol–water partition coefficient (Wildman–Crippen LogP) is 3.87. The number of benzene rings is 1. The summed E-state index contributed by atoms with van der Waals surface area (Å²) in [6.07, 6.45) is 0.866. The lowest BCUT2D eigenvalue weighted by Gasteiger charge is -2.25. The second kappa shape index (κ2) is 6.87. The molecular formula is C13H17Cl2NO. The molecule has 4 heteroatoms. The van der Waals surface area contributed by atoms with Gasteiger partial charge < -0.3 is 0 Å². The van der Waals surface area contributed by atoms with E-state index in [0.717, 1.165) is 12.1 Å². The molecule has 0 aliphatic rings. The summed E-state index contributed by atoms with van der Waals surface area (Å²) in [5.41, 5.74) is 0.779. The van der Waals surface area contributed by atoms with E-state index in [1.807, 2.05) is 44.2 Å². The van der Waals surface area contributed by atoms with Crippen LogP contribution in [0.25, 0.3) is 0 Å². The van der Waals surface area contributed by atoms with Gasteiger partial charge in [0.2, 0.25) is 5.91 Å². The molecule has 0 bridgehead atoms. The quantitative estimate of drug-likeness (QED) is 0.589. The molecule has 0 aliphatic heterocycles. The van der Waals surface area contributed by atoms with Crippen molar-refractivity contribution in [1.82, 2.24) is 0 Å². The first-order valence-electron chi connectivity index (χ1n) is 5.68. The van der Waals surface area contributed by atoms with Crippen molar-refractivity contribution in [2.45, 2.75) is 25.6 Å². The summed E-state index contributed by atoms with van der Waals surface area (Å²) in [4.78, 5) is 13.7. The summed E-state index contributed by atoms with van der Waals surface area (Å²) in [5.74, 6) is 0.000752. The number of halogens is 2. The SMILES string of the molecule is CCC(C)C(Cl)C(=O)N(CCl)c1ccccc1. The van der Waals surface area contributed by atoms with Crippen molar-refractivity contribution in [3.05, 3.63) is 30.3 Å². The van der Waals surface area contributed by atoms with Gasteiger partial charge in [0.15, 0.2) is 0 Å². The van der Waals surface area contributed by atoms with Crippen LogP contribution >= 0.6 is 23.2 Å². The Morgan fingerprint density at radius 1 is 1.35 bits per heavy atom. The second-order valence-electron chi connectivity index (χ2n) is 4.01. The van der Waals surface area contributed by atoms with Crippen LogP contribution in [-0.2, 0) is 4.79 Å². The van der Waals surface area contributed by atoms with Crippen LogP contribution in [0, 0.1) is 5.92 Å². The Labute approximate surface area is 113 Å². The normalized spacial score (nSPS) is 14.1. The maximum Gasteiger partial charge on any atom is 0.246 e. The number of hydrogen-bond acceptors (Lipinski definition) is 1. The molecule has 0 heterocycles. The van der Waals surface area contributed by atoms with Crippen LogP contribution < -0.4 is 4.90 Å². The third-order valence-corrected chi connectivity index (χ3v) is 3.69. The first kappa shape index (κ1) is 14.3. The first-order chi connectivity index (χ1) is 8.11. The van der Waals surface area contributed by atoms with E-state index < -0.39 is 5.38 Å². The number of anilines is 1. The molecule has 1 aromatic carbocycles. The van der Waals surface area contributed by atoms with Crippen LogP contribution in [0.4, 0.5) is 5.69 Å². The van der Waals surface area contributed by atoms with E-state index in [9.17, 15) is 4.79 Å². The fourth-order valence-electron chi connectivity index (χ4n) is 1.46. The average molecular weight is 274 g/mol. The molecule has 1 aromatic rings. The standard InChI is InChI=1S/C13H17Cl2NO/c1-3-10(2)12(15)13(17)16(9-14)11-7-5-4-6-8-11/h4-8,10,12H,3,9H2,1-2H3. The predicted molar refractivity (Wildman–Crippen MR) is 73.7 cm³/mol. The molecule has 17 heavy (non-hydrogen) atoms. The van der Waals surface area contributed by atoms with Gasteiger partial charge in [-0.25, -0.2) is 0 Å². The molecule has 0 saturated heterocycles. The molecule has 0 saturated carbocycles. The van der Waals surface area contributed by atoms with E-state index in [1.165, 1.54) is 4.90 Å². The molecule has 94 valence electrons. The Kier molecular flexibility index (Phi) is 5.79. The molecule has 0 spiro atoms. The van der Waals surface area contributed by atoms with Gasteiger partial charge in [-0.3, -0.25) is 9.69 Å². The summed E-state index contributed by atoms with van der Waals surface area (Å²) in [6.45, 7) is 3.98. The minimum Gasteiger partial charge on any atom is -0.297 e. The number of amides is 1. The van der Waals surface area contributed by atoms with Gasteiger partial charge in [0.1, 0.15) is 11.4 Å². The molecule has 0 aliphatic carbocycles. The van der Waals surface area contributed by atoms with Gasteiger partial charge in [0.25, 0.3) is 0 Å². The third-order valence-electron chi connectivity index (χ3n) is 2.83. The van der Waals surface area contributed by atoms with E-state index in [1.54, 1.807) is 0 Å². The Morgan fingerprint density at radius 2 is 1.94 bits per heavy atom. The third kappa shape index (κ3) is 3.62. The van der Waals surface area contributed by atoms with Crippen molar-refractivity contribution in [3.63, 3.8) is 0 Å². The van der Waals surface area contributed by atoms with E-state index in [2.05, 4.69) is 0 Å². The van der Waals surface area contributed by atoms with Crippen LogP contribution in [0.3, 0.4) is 0 Å². The number of carbonyl (C=O) groups is 1. The zero-order valence-electron chi connectivity index (χ0n) is 10.1. The Bertz CT molecular complexity index is 356. The molecule has 2 unspecified atom stereocenters. The second-order valence-corrected chi connectivity index (χ2v) is 4.72. The van der Waals surface area contributed by atoms with Crippen LogP contribution in [0.5, 0.6) is 0 Å². The highest BCUT2D eigenvalue weighted by Crippen LogP contribution is 2.21. The lowest BCUT2D eigenvalue weighted by atomic mass is 10.0. The van der Waals surface area contributed by atoms with Gasteiger partial charge in [-0.2, -0.15) is 0 Å². The van der Waals surface area contributed by atoms with Crippen LogP contribution in [0.2, 0.25) is 0 Å². The Balaban J connectivity index is 2.85. The topological polar surface area (TPSA) is 20.3 Å². The smallest absolute Gasteiger partial charge is 0.246 e. The summed E-state index contributed by atoms with van der Waals surface area (Å²) in [6, 6.07) is 9.44. The molecular weight excluding hydrogens is 257 g/mol.